The zero-order chi connectivity index (χ0) is 18.2. The minimum absolute atomic E-state index is 0.146. The van der Waals surface area contributed by atoms with Crippen LogP contribution in [0, 0.1) is 23.7 Å². The van der Waals surface area contributed by atoms with Gasteiger partial charge in [-0.1, -0.05) is 54.7 Å². The van der Waals surface area contributed by atoms with Gasteiger partial charge in [0, 0.05) is 12.5 Å². The third-order valence-electron chi connectivity index (χ3n) is 6.15. The summed E-state index contributed by atoms with van der Waals surface area (Å²) in [5.41, 5.74) is 2.66. The molecule has 0 radical (unpaired) electrons. The van der Waals surface area contributed by atoms with Gasteiger partial charge in [-0.15, -0.1) is 0 Å². The quantitative estimate of drug-likeness (QED) is 0.332. The van der Waals surface area contributed by atoms with Gasteiger partial charge in [-0.2, -0.15) is 0 Å². The van der Waals surface area contributed by atoms with Gasteiger partial charge in [0.05, 0.1) is 6.10 Å². The second-order valence-corrected chi connectivity index (χ2v) is 8.54. The molecule has 5 atom stereocenters. The number of fused-ring (bicyclic) bond motifs is 1. The number of unbranched alkanes of at least 4 members (excludes halogenated alkanes) is 2. The normalized spacial score (nSPS) is 32.4. The van der Waals surface area contributed by atoms with Crippen molar-refractivity contribution in [2.45, 2.75) is 78.2 Å². The number of rotatable bonds is 9. The van der Waals surface area contributed by atoms with Crippen LogP contribution in [0.5, 0.6) is 0 Å². The second-order valence-electron chi connectivity index (χ2n) is 8.54. The fraction of sp³-hybridized carbons (Fsp3) is 0.739. The summed E-state index contributed by atoms with van der Waals surface area (Å²) < 4.78 is 0. The largest absolute Gasteiger partial charge is 0.396 e. The number of hydrogen-bond acceptors (Lipinski definition) is 2. The van der Waals surface area contributed by atoms with Crippen LogP contribution in [-0.4, -0.2) is 22.9 Å². The first-order valence-electron chi connectivity index (χ1n) is 10.3. The first kappa shape index (κ1) is 20.5. The summed E-state index contributed by atoms with van der Waals surface area (Å²) in [4.78, 5) is 0. The Morgan fingerprint density at radius 3 is 2.52 bits per heavy atom. The molecule has 0 bridgehead atoms. The lowest BCUT2D eigenvalue weighted by atomic mass is 9.89. The number of aliphatic hydroxyl groups excluding tert-OH is 2. The second kappa shape index (κ2) is 10.3. The summed E-state index contributed by atoms with van der Waals surface area (Å²) in [5, 5.41) is 19.4. The molecule has 2 saturated carbocycles. The Labute approximate surface area is 154 Å². The molecule has 2 rings (SSSR count). The van der Waals surface area contributed by atoms with Gasteiger partial charge in [-0.25, -0.2) is 0 Å². The van der Waals surface area contributed by atoms with Crippen molar-refractivity contribution in [1.29, 1.82) is 0 Å². The average Bonchev–Trinajstić information content (AvgIpc) is 3.06. The molecule has 2 heteroatoms. The zero-order valence-electron chi connectivity index (χ0n) is 16.5. The SMILES string of the molecule is CC(C)=CC/C=C(C)/C=C/[C@@H]1[C@H]2CC(CCCCCO)C[C@H]2C[C@H]1O. The molecule has 25 heavy (non-hydrogen) atoms. The Morgan fingerprint density at radius 1 is 1.00 bits per heavy atom. The van der Waals surface area contributed by atoms with E-state index in [-0.39, 0.29) is 6.10 Å². The lowest BCUT2D eigenvalue weighted by Crippen LogP contribution is -2.17. The van der Waals surface area contributed by atoms with Crippen molar-refractivity contribution in [2.75, 3.05) is 6.61 Å². The summed E-state index contributed by atoms with van der Waals surface area (Å²) in [6.45, 7) is 6.75. The predicted molar refractivity (Wildman–Crippen MR) is 106 cm³/mol. The lowest BCUT2D eigenvalue weighted by molar-refractivity contribution is 0.134. The van der Waals surface area contributed by atoms with Crippen LogP contribution in [-0.2, 0) is 0 Å². The summed E-state index contributed by atoms with van der Waals surface area (Å²) in [7, 11) is 0. The molecule has 142 valence electrons. The van der Waals surface area contributed by atoms with Gasteiger partial charge in [0.2, 0.25) is 0 Å². The van der Waals surface area contributed by atoms with Crippen LogP contribution >= 0.6 is 0 Å². The first-order valence-corrected chi connectivity index (χ1v) is 10.3. The summed E-state index contributed by atoms with van der Waals surface area (Å²) in [6.07, 6.45) is 18.1. The third kappa shape index (κ3) is 6.42. The van der Waals surface area contributed by atoms with Gasteiger partial charge in [0.15, 0.2) is 0 Å². The van der Waals surface area contributed by atoms with Crippen molar-refractivity contribution in [1.82, 2.24) is 0 Å². The van der Waals surface area contributed by atoms with Crippen LogP contribution < -0.4 is 0 Å². The van der Waals surface area contributed by atoms with Gasteiger partial charge >= 0.3 is 0 Å². The molecule has 2 nitrogen and oxygen atoms in total. The smallest absolute Gasteiger partial charge is 0.0608 e. The Hall–Kier alpha value is -0.860. The van der Waals surface area contributed by atoms with Crippen molar-refractivity contribution < 1.29 is 10.2 Å². The fourth-order valence-corrected chi connectivity index (χ4v) is 4.81. The summed E-state index contributed by atoms with van der Waals surface area (Å²) >= 11 is 0. The summed E-state index contributed by atoms with van der Waals surface area (Å²) in [5.74, 6) is 2.59. The van der Waals surface area contributed by atoms with Gasteiger partial charge in [-0.05, 0) is 70.6 Å². The van der Waals surface area contributed by atoms with Gasteiger partial charge in [-0.3, -0.25) is 0 Å². The molecule has 2 aliphatic rings. The van der Waals surface area contributed by atoms with Crippen molar-refractivity contribution in [3.05, 3.63) is 35.5 Å². The molecule has 0 aromatic rings. The summed E-state index contributed by atoms with van der Waals surface area (Å²) in [6, 6.07) is 0. The Morgan fingerprint density at radius 2 is 1.80 bits per heavy atom. The molecular weight excluding hydrogens is 308 g/mol. The topological polar surface area (TPSA) is 40.5 Å². The molecular formula is C23H38O2. The van der Waals surface area contributed by atoms with Crippen LogP contribution in [0.15, 0.2) is 35.5 Å². The first-order chi connectivity index (χ1) is 12.0. The van der Waals surface area contributed by atoms with E-state index in [4.69, 9.17) is 5.11 Å². The molecule has 2 N–H and O–H groups in total. The molecule has 0 amide bonds. The van der Waals surface area contributed by atoms with Crippen molar-refractivity contribution in [2.24, 2.45) is 23.7 Å². The maximum absolute atomic E-state index is 10.5. The Kier molecular flexibility index (Phi) is 8.45. The van der Waals surface area contributed by atoms with Crippen LogP contribution in [0.4, 0.5) is 0 Å². The van der Waals surface area contributed by atoms with Gasteiger partial charge in [0.1, 0.15) is 0 Å². The van der Waals surface area contributed by atoms with E-state index >= 15 is 0 Å². The molecule has 2 aliphatic carbocycles. The van der Waals surface area contributed by atoms with Crippen molar-refractivity contribution in [3.63, 3.8) is 0 Å². The van der Waals surface area contributed by atoms with E-state index in [9.17, 15) is 5.11 Å². The minimum Gasteiger partial charge on any atom is -0.396 e. The standard InChI is InChI=1S/C23H38O2/c1-17(2)8-7-9-18(3)11-12-21-22-15-19(10-5-4-6-13-24)14-20(22)16-23(21)25/h8-9,11-12,19-25H,4-7,10,13-16H2,1-3H3/b12-11+,18-9+/t19?,20-,21+,22-,23+/m0/s1. The average molecular weight is 347 g/mol. The monoisotopic (exact) mass is 346 g/mol. The zero-order valence-corrected chi connectivity index (χ0v) is 16.5. The van der Waals surface area contributed by atoms with Crippen molar-refractivity contribution in [3.8, 4) is 0 Å². The molecule has 2 fully saturated rings. The molecule has 1 unspecified atom stereocenters. The molecule has 0 aromatic carbocycles. The van der Waals surface area contributed by atoms with E-state index in [0.717, 1.165) is 37.5 Å². The van der Waals surface area contributed by atoms with E-state index in [1.54, 1.807) is 0 Å². The van der Waals surface area contributed by atoms with E-state index in [1.807, 2.05) is 0 Å². The molecule has 0 aliphatic heterocycles. The minimum atomic E-state index is -0.146. The van der Waals surface area contributed by atoms with E-state index in [2.05, 4.69) is 45.1 Å². The van der Waals surface area contributed by atoms with Crippen molar-refractivity contribution >= 4 is 0 Å². The molecule has 0 aromatic heterocycles. The highest BCUT2D eigenvalue weighted by Crippen LogP contribution is 2.51. The number of aliphatic hydroxyl groups is 2. The fourth-order valence-electron chi connectivity index (χ4n) is 4.81. The highest BCUT2D eigenvalue weighted by Gasteiger charge is 2.46. The van der Waals surface area contributed by atoms with Crippen LogP contribution in [0.3, 0.4) is 0 Å². The highest BCUT2D eigenvalue weighted by molar-refractivity contribution is 5.20. The molecule has 0 saturated heterocycles. The van der Waals surface area contributed by atoms with Crippen LogP contribution in [0.2, 0.25) is 0 Å². The van der Waals surface area contributed by atoms with E-state index in [1.165, 1.54) is 36.8 Å². The van der Waals surface area contributed by atoms with Gasteiger partial charge in [0.25, 0.3) is 0 Å². The van der Waals surface area contributed by atoms with Crippen LogP contribution in [0.25, 0.3) is 0 Å². The Balaban J connectivity index is 1.84. The van der Waals surface area contributed by atoms with E-state index < -0.39 is 0 Å². The maximum atomic E-state index is 10.5. The number of hydrogen-bond donors (Lipinski definition) is 2. The van der Waals surface area contributed by atoms with Crippen LogP contribution in [0.1, 0.15) is 72.1 Å². The highest BCUT2D eigenvalue weighted by atomic mass is 16.3. The molecule has 0 spiro atoms. The van der Waals surface area contributed by atoms with Gasteiger partial charge < -0.3 is 10.2 Å². The lowest BCUT2D eigenvalue weighted by Gasteiger charge is -2.19. The number of allylic oxidation sites excluding steroid dienone is 5. The Bertz CT molecular complexity index is 484. The van der Waals surface area contributed by atoms with E-state index in [0.29, 0.717) is 18.4 Å². The predicted octanol–water partition coefficient (Wildman–Crippen LogP) is 5.42. The molecule has 0 heterocycles. The maximum Gasteiger partial charge on any atom is 0.0608 e. The third-order valence-corrected chi connectivity index (χ3v) is 6.15.